The standard InChI is InChI=1S/C27H29N3O4S/c1-16-12-23(33-3)24(34-4)14-20(16)17(2)29-26(31)22(30-27(32)25-10-7-11-35-25)13-18-15-28-21-9-6-5-8-19(18)21/h5-12,14-15,17,22,28H,13H2,1-4H3,(H,29,31)(H,30,32). The lowest BCUT2D eigenvalue weighted by atomic mass is 10.00. The van der Waals surface area contributed by atoms with Crippen LogP contribution in [0.4, 0.5) is 0 Å². The van der Waals surface area contributed by atoms with E-state index in [4.69, 9.17) is 9.47 Å². The molecule has 2 amide bonds. The number of aromatic amines is 1. The molecule has 182 valence electrons. The number of aryl methyl sites for hydroxylation is 1. The highest BCUT2D eigenvalue weighted by molar-refractivity contribution is 7.12. The zero-order chi connectivity index (χ0) is 24.9. The lowest BCUT2D eigenvalue weighted by molar-refractivity contribution is -0.123. The summed E-state index contributed by atoms with van der Waals surface area (Å²) >= 11 is 1.34. The van der Waals surface area contributed by atoms with Gasteiger partial charge in [0.25, 0.3) is 5.91 Å². The number of methoxy groups -OCH3 is 2. The second-order valence-electron chi connectivity index (χ2n) is 8.36. The van der Waals surface area contributed by atoms with Gasteiger partial charge in [-0.3, -0.25) is 9.59 Å². The third-order valence-electron chi connectivity index (χ3n) is 6.06. The molecule has 2 atom stereocenters. The van der Waals surface area contributed by atoms with E-state index >= 15 is 0 Å². The summed E-state index contributed by atoms with van der Waals surface area (Å²) in [6, 6.07) is 14.2. The molecule has 4 aromatic rings. The first-order chi connectivity index (χ1) is 16.9. The second-order valence-corrected chi connectivity index (χ2v) is 9.31. The molecular weight excluding hydrogens is 462 g/mol. The van der Waals surface area contributed by atoms with Gasteiger partial charge in [-0.05, 0) is 60.2 Å². The molecule has 0 fully saturated rings. The van der Waals surface area contributed by atoms with Crippen molar-refractivity contribution >= 4 is 34.1 Å². The first-order valence-corrected chi connectivity index (χ1v) is 12.2. The quantitative estimate of drug-likeness (QED) is 0.314. The molecule has 35 heavy (non-hydrogen) atoms. The van der Waals surface area contributed by atoms with Gasteiger partial charge in [0.2, 0.25) is 5.91 Å². The third-order valence-corrected chi connectivity index (χ3v) is 6.93. The first-order valence-electron chi connectivity index (χ1n) is 11.3. The van der Waals surface area contributed by atoms with Crippen LogP contribution in [0.1, 0.15) is 39.3 Å². The van der Waals surface area contributed by atoms with E-state index in [-0.39, 0.29) is 17.9 Å². The van der Waals surface area contributed by atoms with E-state index in [2.05, 4.69) is 15.6 Å². The summed E-state index contributed by atoms with van der Waals surface area (Å²) in [5.41, 5.74) is 3.82. The molecule has 0 saturated carbocycles. The fourth-order valence-electron chi connectivity index (χ4n) is 4.22. The number of carbonyl (C=O) groups is 2. The molecule has 2 heterocycles. The molecule has 2 aromatic heterocycles. The van der Waals surface area contributed by atoms with Crippen LogP contribution in [0.15, 0.2) is 60.1 Å². The summed E-state index contributed by atoms with van der Waals surface area (Å²) < 4.78 is 10.8. The van der Waals surface area contributed by atoms with Crippen molar-refractivity contribution in [2.75, 3.05) is 14.2 Å². The van der Waals surface area contributed by atoms with Crippen molar-refractivity contribution in [3.05, 3.63) is 81.7 Å². The lowest BCUT2D eigenvalue weighted by Crippen LogP contribution is -2.48. The zero-order valence-electron chi connectivity index (χ0n) is 20.2. The van der Waals surface area contributed by atoms with E-state index < -0.39 is 6.04 Å². The van der Waals surface area contributed by atoms with E-state index in [0.717, 1.165) is 27.6 Å². The minimum absolute atomic E-state index is 0.262. The number of hydrogen-bond donors (Lipinski definition) is 3. The Labute approximate surface area is 208 Å². The van der Waals surface area contributed by atoms with E-state index in [9.17, 15) is 9.59 Å². The number of H-pyrrole nitrogens is 1. The summed E-state index contributed by atoms with van der Waals surface area (Å²) in [5, 5.41) is 8.88. The number of rotatable bonds is 9. The normalized spacial score (nSPS) is 12.7. The van der Waals surface area contributed by atoms with Crippen molar-refractivity contribution in [1.29, 1.82) is 0 Å². The topological polar surface area (TPSA) is 92.5 Å². The summed E-state index contributed by atoms with van der Waals surface area (Å²) in [6.45, 7) is 3.87. The van der Waals surface area contributed by atoms with Crippen molar-refractivity contribution < 1.29 is 19.1 Å². The average Bonchev–Trinajstić information content (AvgIpc) is 3.54. The lowest BCUT2D eigenvalue weighted by Gasteiger charge is -2.23. The number of amides is 2. The van der Waals surface area contributed by atoms with Gasteiger partial charge in [0, 0.05) is 23.5 Å². The Morgan fingerprint density at radius 2 is 1.77 bits per heavy atom. The maximum Gasteiger partial charge on any atom is 0.262 e. The highest BCUT2D eigenvalue weighted by Gasteiger charge is 2.26. The molecule has 2 unspecified atom stereocenters. The van der Waals surface area contributed by atoms with Crippen LogP contribution in [-0.4, -0.2) is 37.1 Å². The van der Waals surface area contributed by atoms with Gasteiger partial charge in [0.1, 0.15) is 6.04 Å². The van der Waals surface area contributed by atoms with Crippen molar-refractivity contribution in [2.24, 2.45) is 0 Å². The molecule has 0 aliphatic heterocycles. The molecule has 0 bridgehead atoms. The second kappa shape index (κ2) is 10.7. The largest absolute Gasteiger partial charge is 0.493 e. The van der Waals surface area contributed by atoms with Crippen LogP contribution in [0.3, 0.4) is 0 Å². The van der Waals surface area contributed by atoms with Crippen molar-refractivity contribution in [3.63, 3.8) is 0 Å². The van der Waals surface area contributed by atoms with Gasteiger partial charge >= 0.3 is 0 Å². The predicted molar refractivity (Wildman–Crippen MR) is 138 cm³/mol. The van der Waals surface area contributed by atoms with Crippen molar-refractivity contribution in [2.45, 2.75) is 32.4 Å². The minimum Gasteiger partial charge on any atom is -0.493 e. The zero-order valence-corrected chi connectivity index (χ0v) is 21.0. The monoisotopic (exact) mass is 491 g/mol. The highest BCUT2D eigenvalue weighted by Crippen LogP contribution is 2.33. The summed E-state index contributed by atoms with van der Waals surface area (Å²) in [5.74, 6) is 0.694. The summed E-state index contributed by atoms with van der Waals surface area (Å²) in [7, 11) is 3.17. The van der Waals surface area contributed by atoms with Gasteiger partial charge in [-0.1, -0.05) is 24.3 Å². The molecule has 0 saturated heterocycles. The van der Waals surface area contributed by atoms with Crippen molar-refractivity contribution in [1.82, 2.24) is 15.6 Å². The number of fused-ring (bicyclic) bond motifs is 1. The molecule has 0 radical (unpaired) electrons. The molecule has 0 aliphatic carbocycles. The van der Waals surface area contributed by atoms with Gasteiger partial charge in [-0.2, -0.15) is 0 Å². The number of hydrogen-bond acceptors (Lipinski definition) is 5. The van der Waals surface area contributed by atoms with Gasteiger partial charge in [-0.25, -0.2) is 0 Å². The molecule has 3 N–H and O–H groups in total. The van der Waals surface area contributed by atoms with E-state index in [0.29, 0.717) is 22.8 Å². The predicted octanol–water partition coefficient (Wildman–Crippen LogP) is 4.77. The number of ether oxygens (including phenoxy) is 2. The smallest absolute Gasteiger partial charge is 0.262 e. The fraction of sp³-hybridized carbons (Fsp3) is 0.259. The van der Waals surface area contributed by atoms with Crippen LogP contribution in [0.5, 0.6) is 11.5 Å². The average molecular weight is 492 g/mol. The van der Waals surface area contributed by atoms with E-state index in [1.54, 1.807) is 20.3 Å². The number of carbonyl (C=O) groups excluding carboxylic acids is 2. The van der Waals surface area contributed by atoms with Crippen LogP contribution >= 0.6 is 11.3 Å². The van der Waals surface area contributed by atoms with Crippen molar-refractivity contribution in [3.8, 4) is 11.5 Å². The van der Waals surface area contributed by atoms with Gasteiger partial charge in [-0.15, -0.1) is 11.3 Å². The molecule has 4 rings (SSSR count). The number of aromatic nitrogens is 1. The fourth-order valence-corrected chi connectivity index (χ4v) is 4.85. The molecule has 0 spiro atoms. The van der Waals surface area contributed by atoms with Gasteiger partial charge in [0.15, 0.2) is 11.5 Å². The van der Waals surface area contributed by atoms with E-state index in [1.165, 1.54) is 11.3 Å². The van der Waals surface area contributed by atoms with Crippen LogP contribution in [0, 0.1) is 6.92 Å². The highest BCUT2D eigenvalue weighted by atomic mass is 32.1. The Kier molecular flexibility index (Phi) is 7.41. The Balaban J connectivity index is 1.58. The van der Waals surface area contributed by atoms with Crippen LogP contribution in [0.25, 0.3) is 10.9 Å². The number of para-hydroxylation sites is 1. The minimum atomic E-state index is -0.758. The van der Waals surface area contributed by atoms with Crippen LogP contribution < -0.4 is 20.1 Å². The van der Waals surface area contributed by atoms with Crippen LogP contribution in [0.2, 0.25) is 0 Å². The Morgan fingerprint density at radius 1 is 1.03 bits per heavy atom. The summed E-state index contributed by atoms with van der Waals surface area (Å²) in [4.78, 5) is 30.2. The Hall–Kier alpha value is -3.78. The summed E-state index contributed by atoms with van der Waals surface area (Å²) in [6.07, 6.45) is 2.24. The molecule has 8 heteroatoms. The van der Waals surface area contributed by atoms with Gasteiger partial charge in [0.05, 0.1) is 25.1 Å². The van der Waals surface area contributed by atoms with Crippen LogP contribution in [-0.2, 0) is 11.2 Å². The molecule has 7 nitrogen and oxygen atoms in total. The first kappa shape index (κ1) is 24.3. The Bertz CT molecular complexity index is 1330. The SMILES string of the molecule is COc1cc(C)c(C(C)NC(=O)C(Cc2c[nH]c3ccccc23)NC(=O)c2cccs2)cc1OC. The molecule has 2 aromatic carbocycles. The number of nitrogens with one attached hydrogen (secondary N) is 3. The third kappa shape index (κ3) is 5.33. The molecule has 0 aliphatic rings. The molecular formula is C27H29N3O4S. The number of thiophene rings is 1. The maximum absolute atomic E-state index is 13.5. The maximum atomic E-state index is 13.5. The van der Waals surface area contributed by atoms with E-state index in [1.807, 2.05) is 67.9 Å². The Morgan fingerprint density at radius 3 is 2.49 bits per heavy atom. The number of benzene rings is 2. The van der Waals surface area contributed by atoms with Gasteiger partial charge < -0.3 is 25.1 Å².